The molecule has 0 bridgehead atoms. The topological polar surface area (TPSA) is 0 Å². The standard InChI is InChI=1S/C2H2AsF6P/c4-1(5,6)3(10)2(7,8)9/h10H2. The molecule has 0 spiro atoms. The van der Waals surface area contributed by atoms with Gasteiger partial charge in [0.2, 0.25) is 0 Å². The molecule has 0 fully saturated rings. The molecule has 8 heteroatoms. The van der Waals surface area contributed by atoms with Crippen molar-refractivity contribution in [3.05, 3.63) is 0 Å². The minimum atomic E-state index is -5.07. The summed E-state index contributed by atoms with van der Waals surface area (Å²) in [6.45, 7) is 0. The van der Waals surface area contributed by atoms with Crippen LogP contribution in [0.3, 0.4) is 0 Å². The normalized spacial score (nSPS) is 14.4. The van der Waals surface area contributed by atoms with Crippen molar-refractivity contribution in [2.45, 2.75) is 9.93 Å². The first-order valence-electron chi connectivity index (χ1n) is 1.84. The molecule has 0 aromatic rings. The van der Waals surface area contributed by atoms with E-state index in [4.69, 9.17) is 0 Å². The van der Waals surface area contributed by atoms with Crippen molar-refractivity contribution in [2.75, 3.05) is 0 Å². The van der Waals surface area contributed by atoms with E-state index in [-0.39, 0.29) is 0 Å². The van der Waals surface area contributed by atoms with E-state index in [1.807, 2.05) is 0 Å². The zero-order valence-corrected chi connectivity index (χ0v) is 7.32. The summed E-state index contributed by atoms with van der Waals surface area (Å²) in [6, 6.07) is 0. The molecule has 0 saturated carbocycles. The van der Waals surface area contributed by atoms with E-state index >= 15 is 0 Å². The molecule has 0 aliphatic heterocycles. The Morgan fingerprint density at radius 3 is 1.00 bits per heavy atom. The number of hydrogen-bond donors (Lipinski definition) is 0. The van der Waals surface area contributed by atoms with Crippen LogP contribution in [0.2, 0.25) is 0 Å². The molecule has 0 heterocycles. The van der Waals surface area contributed by atoms with E-state index in [0.29, 0.717) is 0 Å². The first kappa shape index (κ1) is 10.6. The molecular weight excluding hydrogens is 244 g/mol. The van der Waals surface area contributed by atoms with E-state index in [1.165, 1.54) is 0 Å². The molecule has 0 amide bonds. The molecule has 0 aromatic heterocycles. The van der Waals surface area contributed by atoms with Crippen LogP contribution in [0.5, 0.6) is 0 Å². The van der Waals surface area contributed by atoms with Gasteiger partial charge < -0.3 is 0 Å². The molecule has 0 aliphatic carbocycles. The van der Waals surface area contributed by atoms with Crippen molar-refractivity contribution in [1.82, 2.24) is 0 Å². The van der Waals surface area contributed by atoms with E-state index < -0.39 is 24.1 Å². The number of alkyl halides is 6. The number of hydrogen-bond acceptors (Lipinski definition) is 0. The van der Waals surface area contributed by atoms with E-state index in [2.05, 4.69) is 0 Å². The van der Waals surface area contributed by atoms with E-state index in [0.717, 1.165) is 7.80 Å². The predicted octanol–water partition coefficient (Wildman–Crippen LogP) is 2.06. The molecule has 0 nitrogen and oxygen atoms in total. The fraction of sp³-hybridized carbons (Fsp3) is 1.00. The summed E-state index contributed by atoms with van der Waals surface area (Å²) in [5.41, 5.74) is 0. The van der Waals surface area contributed by atoms with Crippen LogP contribution in [0.1, 0.15) is 0 Å². The Hall–Kier alpha value is 0.568. The summed E-state index contributed by atoms with van der Waals surface area (Å²) >= 11 is -4.73. The molecule has 0 aromatic carbocycles. The Labute approximate surface area is 59.0 Å². The molecule has 0 N–H and O–H groups in total. The van der Waals surface area contributed by atoms with E-state index in [9.17, 15) is 26.3 Å². The molecule has 0 radical (unpaired) electrons. The summed E-state index contributed by atoms with van der Waals surface area (Å²) in [5.74, 6) is 0. The molecule has 62 valence electrons. The quantitative estimate of drug-likeness (QED) is 0.348. The third-order valence-electron chi connectivity index (χ3n) is 0.546. The van der Waals surface area contributed by atoms with Crippen molar-refractivity contribution in [1.29, 1.82) is 0 Å². The minimum absolute atomic E-state index is 0.845. The van der Waals surface area contributed by atoms with Gasteiger partial charge in [0.1, 0.15) is 0 Å². The van der Waals surface area contributed by atoms with E-state index in [1.54, 1.807) is 0 Å². The summed E-state index contributed by atoms with van der Waals surface area (Å²) in [4.78, 5) is -10.1. The first-order valence-corrected chi connectivity index (χ1v) is 7.48. The van der Waals surface area contributed by atoms with Gasteiger partial charge in [0.15, 0.2) is 0 Å². The van der Waals surface area contributed by atoms with Gasteiger partial charge in [-0.15, -0.1) is 0 Å². The summed E-state index contributed by atoms with van der Waals surface area (Å²) in [7, 11) is 0.845. The van der Waals surface area contributed by atoms with Gasteiger partial charge in [0.05, 0.1) is 0 Å². The van der Waals surface area contributed by atoms with Gasteiger partial charge >= 0.3 is 58.3 Å². The van der Waals surface area contributed by atoms with Gasteiger partial charge in [-0.2, -0.15) is 0 Å². The predicted molar refractivity (Wildman–Crippen MR) is 27.6 cm³/mol. The zero-order chi connectivity index (χ0) is 8.58. The van der Waals surface area contributed by atoms with Crippen LogP contribution < -0.4 is 0 Å². The Kier molecular flexibility index (Phi) is 3.06. The molecule has 0 aliphatic rings. The molecule has 0 saturated heterocycles. The van der Waals surface area contributed by atoms with Gasteiger partial charge in [0.25, 0.3) is 0 Å². The second kappa shape index (κ2) is 2.90. The van der Waals surface area contributed by atoms with Crippen LogP contribution in [-0.4, -0.2) is 24.1 Å². The third-order valence-corrected chi connectivity index (χ3v) is 5.88. The average molecular weight is 246 g/mol. The maximum absolute atomic E-state index is 11.3. The molecule has 1 atom stereocenters. The average Bonchev–Trinajstić information content (AvgIpc) is 1.59. The Morgan fingerprint density at radius 1 is 0.800 bits per heavy atom. The van der Waals surface area contributed by atoms with Crippen LogP contribution in [0, 0.1) is 0 Å². The van der Waals surface area contributed by atoms with Gasteiger partial charge in [0, 0.05) is 0 Å². The third kappa shape index (κ3) is 3.11. The molecule has 10 heavy (non-hydrogen) atoms. The first-order chi connectivity index (χ1) is 4.15. The Balaban J connectivity index is 4.23. The molecule has 0 rings (SSSR count). The molecule has 1 unspecified atom stereocenters. The SMILES string of the molecule is FC(F)(F)[As](P)C(F)(F)F. The fourth-order valence-electron chi connectivity index (χ4n) is 0.144. The zero-order valence-electron chi connectivity index (χ0n) is 4.29. The van der Waals surface area contributed by atoms with Gasteiger partial charge in [-0.25, -0.2) is 0 Å². The summed E-state index contributed by atoms with van der Waals surface area (Å²) < 4.78 is 67.6. The van der Waals surface area contributed by atoms with Crippen LogP contribution in [0.15, 0.2) is 0 Å². The van der Waals surface area contributed by atoms with Crippen molar-refractivity contribution in [2.24, 2.45) is 0 Å². The van der Waals surface area contributed by atoms with Crippen LogP contribution in [0.25, 0.3) is 0 Å². The monoisotopic (exact) mass is 246 g/mol. The number of halogens is 6. The Morgan fingerprint density at radius 2 is 1.00 bits per heavy atom. The van der Waals surface area contributed by atoms with Crippen LogP contribution in [0.4, 0.5) is 26.3 Å². The summed E-state index contributed by atoms with van der Waals surface area (Å²) in [5, 5.41) is 0. The number of rotatable bonds is 0. The van der Waals surface area contributed by atoms with Crippen LogP contribution >= 0.6 is 7.80 Å². The Bertz CT molecular complexity index is 99.9. The van der Waals surface area contributed by atoms with Gasteiger partial charge in [-0.1, -0.05) is 0 Å². The van der Waals surface area contributed by atoms with Crippen molar-refractivity contribution >= 4 is 22.0 Å². The summed E-state index contributed by atoms with van der Waals surface area (Å²) in [6.07, 6.45) is 0. The van der Waals surface area contributed by atoms with Crippen molar-refractivity contribution < 1.29 is 26.3 Å². The van der Waals surface area contributed by atoms with Crippen molar-refractivity contribution in [3.8, 4) is 0 Å². The maximum atomic E-state index is 11.3. The van der Waals surface area contributed by atoms with Crippen molar-refractivity contribution in [3.63, 3.8) is 0 Å². The molecular formula is C2H2AsF6P. The van der Waals surface area contributed by atoms with Gasteiger partial charge in [-0.05, 0) is 0 Å². The van der Waals surface area contributed by atoms with Gasteiger partial charge in [-0.3, -0.25) is 0 Å². The second-order valence-electron chi connectivity index (χ2n) is 1.31. The van der Waals surface area contributed by atoms with Crippen LogP contribution in [-0.2, 0) is 0 Å². The fourth-order valence-corrected chi connectivity index (χ4v) is 0.747. The second-order valence-corrected chi connectivity index (χ2v) is 7.67.